The van der Waals surface area contributed by atoms with E-state index in [0.29, 0.717) is 0 Å². The third-order valence-electron chi connectivity index (χ3n) is 1.31. The van der Waals surface area contributed by atoms with Gasteiger partial charge in [0.2, 0.25) is 0 Å². The Hall–Kier alpha value is -0.600. The quantitative estimate of drug-likeness (QED) is 0.679. The molecule has 1 aromatic heterocycles. The van der Waals surface area contributed by atoms with Crippen LogP contribution in [0, 0.1) is 0 Å². The molecule has 0 radical (unpaired) electrons. The van der Waals surface area contributed by atoms with Gasteiger partial charge in [-0.05, 0) is 18.4 Å². The van der Waals surface area contributed by atoms with Crippen LogP contribution in [0.4, 0.5) is 0 Å². The minimum atomic E-state index is 0.915. The van der Waals surface area contributed by atoms with Crippen molar-refractivity contribution in [3.8, 4) is 0 Å². The van der Waals surface area contributed by atoms with Crippen LogP contribution in [-0.4, -0.2) is 6.54 Å². The maximum absolute atomic E-state index is 3.81. The molecule has 0 saturated heterocycles. The van der Waals surface area contributed by atoms with Crippen molar-refractivity contribution in [2.75, 3.05) is 6.54 Å². The monoisotopic (exact) mass is 167 g/mol. The lowest BCUT2D eigenvalue weighted by Crippen LogP contribution is -2.14. The Labute approximate surface area is 71.8 Å². The zero-order chi connectivity index (χ0) is 8.10. The van der Waals surface area contributed by atoms with Gasteiger partial charge >= 0.3 is 0 Å². The van der Waals surface area contributed by atoms with Crippen molar-refractivity contribution in [1.82, 2.24) is 5.32 Å². The van der Waals surface area contributed by atoms with Crippen LogP contribution in [-0.2, 0) is 6.54 Å². The molecule has 1 nitrogen and oxygen atoms in total. The molecule has 1 aromatic rings. The van der Waals surface area contributed by atoms with Crippen LogP contribution in [0.15, 0.2) is 29.7 Å². The van der Waals surface area contributed by atoms with E-state index in [1.54, 1.807) is 11.3 Å². The van der Waals surface area contributed by atoms with Gasteiger partial charge < -0.3 is 5.32 Å². The summed E-state index contributed by atoms with van der Waals surface area (Å²) < 4.78 is 0. The van der Waals surface area contributed by atoms with Crippen LogP contribution in [0.25, 0.3) is 0 Å². The second-order valence-electron chi connectivity index (χ2n) is 2.64. The van der Waals surface area contributed by atoms with Crippen LogP contribution in [0.2, 0.25) is 0 Å². The summed E-state index contributed by atoms with van der Waals surface area (Å²) in [4.78, 5) is 1.38. The number of hydrogen-bond donors (Lipinski definition) is 1. The molecule has 1 N–H and O–H groups in total. The van der Waals surface area contributed by atoms with Gasteiger partial charge in [-0.15, -0.1) is 11.3 Å². The SMILES string of the molecule is C=C(C)CNCc1cccs1. The first-order chi connectivity index (χ1) is 5.29. The molecular formula is C9H13NS. The number of thiophene rings is 1. The summed E-state index contributed by atoms with van der Waals surface area (Å²) >= 11 is 1.78. The summed E-state index contributed by atoms with van der Waals surface area (Å²) in [6, 6.07) is 4.21. The van der Waals surface area contributed by atoms with Crippen molar-refractivity contribution in [3.63, 3.8) is 0 Å². The molecule has 0 aliphatic heterocycles. The highest BCUT2D eigenvalue weighted by molar-refractivity contribution is 7.09. The van der Waals surface area contributed by atoms with E-state index in [-0.39, 0.29) is 0 Å². The van der Waals surface area contributed by atoms with Gasteiger partial charge in [0.15, 0.2) is 0 Å². The first kappa shape index (κ1) is 8.50. The van der Waals surface area contributed by atoms with Crippen molar-refractivity contribution in [1.29, 1.82) is 0 Å². The summed E-state index contributed by atoms with van der Waals surface area (Å²) in [5.74, 6) is 0. The van der Waals surface area contributed by atoms with Gasteiger partial charge in [-0.2, -0.15) is 0 Å². The second kappa shape index (κ2) is 4.31. The summed E-state index contributed by atoms with van der Waals surface area (Å²) in [5.41, 5.74) is 1.18. The third-order valence-corrected chi connectivity index (χ3v) is 2.18. The highest BCUT2D eigenvalue weighted by Crippen LogP contribution is 2.07. The molecule has 0 aliphatic carbocycles. The van der Waals surface area contributed by atoms with E-state index < -0.39 is 0 Å². The fourth-order valence-corrected chi connectivity index (χ4v) is 1.49. The van der Waals surface area contributed by atoms with Crippen molar-refractivity contribution < 1.29 is 0 Å². The summed E-state index contributed by atoms with van der Waals surface area (Å²) in [6.07, 6.45) is 0. The Morgan fingerprint density at radius 3 is 3.09 bits per heavy atom. The van der Waals surface area contributed by atoms with E-state index in [9.17, 15) is 0 Å². The highest BCUT2D eigenvalue weighted by atomic mass is 32.1. The highest BCUT2D eigenvalue weighted by Gasteiger charge is 1.91. The summed E-state index contributed by atoms with van der Waals surface area (Å²) in [7, 11) is 0. The fraction of sp³-hybridized carbons (Fsp3) is 0.333. The van der Waals surface area contributed by atoms with Crippen molar-refractivity contribution in [2.24, 2.45) is 0 Å². The van der Waals surface area contributed by atoms with Gasteiger partial charge in [0, 0.05) is 18.0 Å². The van der Waals surface area contributed by atoms with E-state index in [1.807, 2.05) is 6.92 Å². The Balaban J connectivity index is 2.19. The van der Waals surface area contributed by atoms with Crippen LogP contribution in [0.5, 0.6) is 0 Å². The average molecular weight is 167 g/mol. The number of hydrogen-bond acceptors (Lipinski definition) is 2. The Morgan fingerprint density at radius 2 is 2.55 bits per heavy atom. The fourth-order valence-electron chi connectivity index (χ4n) is 0.812. The van der Waals surface area contributed by atoms with Crippen LogP contribution >= 0.6 is 11.3 Å². The minimum Gasteiger partial charge on any atom is -0.308 e. The molecule has 2 heteroatoms. The zero-order valence-corrected chi connectivity index (χ0v) is 7.58. The summed E-state index contributed by atoms with van der Waals surface area (Å²) in [5, 5.41) is 5.39. The largest absolute Gasteiger partial charge is 0.308 e. The molecule has 0 saturated carbocycles. The first-order valence-electron chi connectivity index (χ1n) is 3.66. The topological polar surface area (TPSA) is 12.0 Å². The lowest BCUT2D eigenvalue weighted by Gasteiger charge is -2.00. The maximum atomic E-state index is 3.81. The third kappa shape index (κ3) is 3.35. The van der Waals surface area contributed by atoms with E-state index >= 15 is 0 Å². The molecule has 11 heavy (non-hydrogen) atoms. The molecule has 0 fully saturated rings. The molecular weight excluding hydrogens is 154 g/mol. The molecule has 1 heterocycles. The van der Waals surface area contributed by atoms with Crippen LogP contribution in [0.3, 0.4) is 0 Å². The average Bonchev–Trinajstić information content (AvgIpc) is 2.39. The standard InChI is InChI=1S/C9H13NS/c1-8(2)6-10-7-9-4-3-5-11-9/h3-5,10H,1,6-7H2,2H3. The molecule has 60 valence electrons. The number of rotatable bonds is 4. The molecule has 0 spiro atoms. The molecule has 0 aromatic carbocycles. The number of nitrogens with one attached hydrogen (secondary N) is 1. The predicted molar refractivity (Wildman–Crippen MR) is 50.8 cm³/mol. The molecule has 0 unspecified atom stereocenters. The summed E-state index contributed by atoms with van der Waals surface area (Å²) in [6.45, 7) is 7.72. The van der Waals surface area contributed by atoms with E-state index in [0.717, 1.165) is 13.1 Å². The van der Waals surface area contributed by atoms with Crippen molar-refractivity contribution >= 4 is 11.3 Å². The van der Waals surface area contributed by atoms with Crippen molar-refractivity contribution in [3.05, 3.63) is 34.5 Å². The molecule has 0 aliphatic rings. The van der Waals surface area contributed by atoms with Gasteiger partial charge in [-0.1, -0.05) is 18.2 Å². The van der Waals surface area contributed by atoms with Gasteiger partial charge in [0.1, 0.15) is 0 Å². The smallest absolute Gasteiger partial charge is 0.0302 e. The van der Waals surface area contributed by atoms with Crippen LogP contribution < -0.4 is 5.32 Å². The predicted octanol–water partition coefficient (Wildman–Crippen LogP) is 2.41. The van der Waals surface area contributed by atoms with Gasteiger partial charge in [0.05, 0.1) is 0 Å². The Bertz CT molecular complexity index is 213. The molecule has 0 bridgehead atoms. The van der Waals surface area contributed by atoms with Gasteiger partial charge in [-0.3, -0.25) is 0 Å². The lowest BCUT2D eigenvalue weighted by molar-refractivity contribution is 0.750. The molecule has 1 rings (SSSR count). The maximum Gasteiger partial charge on any atom is 0.0302 e. The van der Waals surface area contributed by atoms with Crippen LogP contribution in [0.1, 0.15) is 11.8 Å². The van der Waals surface area contributed by atoms with E-state index in [4.69, 9.17) is 0 Å². The van der Waals surface area contributed by atoms with E-state index in [2.05, 4.69) is 29.4 Å². The Morgan fingerprint density at radius 1 is 1.73 bits per heavy atom. The molecule has 0 amide bonds. The van der Waals surface area contributed by atoms with E-state index in [1.165, 1.54) is 10.5 Å². The minimum absolute atomic E-state index is 0.915. The van der Waals surface area contributed by atoms with Crippen molar-refractivity contribution in [2.45, 2.75) is 13.5 Å². The molecule has 0 atom stereocenters. The first-order valence-corrected chi connectivity index (χ1v) is 4.54. The van der Waals surface area contributed by atoms with Gasteiger partial charge in [0.25, 0.3) is 0 Å². The lowest BCUT2D eigenvalue weighted by atomic mass is 10.3. The zero-order valence-electron chi connectivity index (χ0n) is 6.76. The normalized spacial score (nSPS) is 9.91. The second-order valence-corrected chi connectivity index (χ2v) is 3.67. The Kier molecular flexibility index (Phi) is 3.33. The van der Waals surface area contributed by atoms with Gasteiger partial charge in [-0.25, -0.2) is 0 Å².